The number of halogens is 1. The summed E-state index contributed by atoms with van der Waals surface area (Å²) in [5.74, 6) is 0.0569. The van der Waals surface area contributed by atoms with E-state index in [0.29, 0.717) is 24.3 Å². The lowest BCUT2D eigenvalue weighted by molar-refractivity contribution is 0.154. The van der Waals surface area contributed by atoms with Crippen molar-refractivity contribution in [3.8, 4) is 5.75 Å². The normalized spacial score (nSPS) is 12.5. The molecule has 0 radical (unpaired) electrons. The van der Waals surface area contributed by atoms with Gasteiger partial charge in [0.1, 0.15) is 11.6 Å². The first-order valence-electron chi connectivity index (χ1n) is 4.83. The molecule has 1 unspecified atom stereocenters. The summed E-state index contributed by atoms with van der Waals surface area (Å²) in [7, 11) is 0. The van der Waals surface area contributed by atoms with Crippen molar-refractivity contribution < 1.29 is 19.3 Å². The third-order valence-corrected chi connectivity index (χ3v) is 1.99. The summed E-state index contributed by atoms with van der Waals surface area (Å²) in [4.78, 5) is 0. The zero-order chi connectivity index (χ0) is 11.3. The van der Waals surface area contributed by atoms with Gasteiger partial charge in [-0.3, -0.25) is 0 Å². The average Bonchev–Trinajstić information content (AvgIpc) is 2.19. The molecular weight excluding hydrogens is 199 g/mol. The van der Waals surface area contributed by atoms with Gasteiger partial charge >= 0.3 is 0 Å². The van der Waals surface area contributed by atoms with Gasteiger partial charge in [0.05, 0.1) is 19.3 Å². The summed E-state index contributed by atoms with van der Waals surface area (Å²) in [6.07, 6.45) is 0.0745. The molecule has 84 valence electrons. The molecular formula is C11H15FO3. The van der Waals surface area contributed by atoms with E-state index in [0.717, 1.165) is 0 Å². The van der Waals surface area contributed by atoms with E-state index in [1.54, 1.807) is 6.92 Å². The molecule has 15 heavy (non-hydrogen) atoms. The molecule has 0 fully saturated rings. The van der Waals surface area contributed by atoms with Crippen LogP contribution < -0.4 is 4.74 Å². The molecule has 0 saturated carbocycles. The van der Waals surface area contributed by atoms with Crippen molar-refractivity contribution in [1.82, 2.24) is 0 Å². The van der Waals surface area contributed by atoms with Crippen LogP contribution in [0.15, 0.2) is 18.2 Å². The van der Waals surface area contributed by atoms with Gasteiger partial charge in [-0.1, -0.05) is 0 Å². The maximum atomic E-state index is 12.8. The Morgan fingerprint density at radius 1 is 1.47 bits per heavy atom. The highest BCUT2D eigenvalue weighted by atomic mass is 19.1. The molecule has 1 aromatic carbocycles. The molecule has 1 rings (SSSR count). The predicted octanol–water partition coefficient (Wildman–Crippen LogP) is 1.47. The Kier molecular flexibility index (Phi) is 4.52. The van der Waals surface area contributed by atoms with Crippen molar-refractivity contribution in [3.63, 3.8) is 0 Å². The van der Waals surface area contributed by atoms with Crippen molar-refractivity contribution in [2.75, 3.05) is 6.61 Å². The molecule has 0 heterocycles. The van der Waals surface area contributed by atoms with Crippen LogP contribution in [0.4, 0.5) is 4.39 Å². The number of aliphatic hydroxyl groups is 2. The summed E-state index contributed by atoms with van der Waals surface area (Å²) in [5.41, 5.74) is 0.417. The second kappa shape index (κ2) is 5.68. The summed E-state index contributed by atoms with van der Waals surface area (Å²) < 4.78 is 18.1. The Morgan fingerprint density at radius 2 is 2.20 bits per heavy atom. The Labute approximate surface area is 88.1 Å². The number of ether oxygens (including phenoxy) is 1. The molecule has 0 aliphatic rings. The fourth-order valence-electron chi connectivity index (χ4n) is 1.15. The molecule has 2 N–H and O–H groups in total. The van der Waals surface area contributed by atoms with Crippen LogP contribution in [0.25, 0.3) is 0 Å². The summed E-state index contributed by atoms with van der Waals surface area (Å²) >= 11 is 0. The zero-order valence-corrected chi connectivity index (χ0v) is 8.61. The topological polar surface area (TPSA) is 49.7 Å². The first-order chi connectivity index (χ1) is 7.13. The monoisotopic (exact) mass is 214 g/mol. The van der Waals surface area contributed by atoms with E-state index in [4.69, 9.17) is 14.9 Å². The molecule has 1 aromatic rings. The molecule has 0 bridgehead atoms. The first-order valence-corrected chi connectivity index (χ1v) is 4.83. The smallest absolute Gasteiger partial charge is 0.125 e. The first kappa shape index (κ1) is 11.9. The van der Waals surface area contributed by atoms with Crippen LogP contribution in [-0.4, -0.2) is 22.9 Å². The fraction of sp³-hybridized carbons (Fsp3) is 0.455. The number of benzene rings is 1. The van der Waals surface area contributed by atoms with E-state index in [-0.39, 0.29) is 6.61 Å². The van der Waals surface area contributed by atoms with Crippen LogP contribution in [0.5, 0.6) is 5.75 Å². The van der Waals surface area contributed by atoms with E-state index in [9.17, 15) is 4.39 Å². The Balaban J connectivity index is 2.60. The minimum Gasteiger partial charge on any atom is -0.493 e. The molecule has 0 spiro atoms. The molecule has 0 aliphatic heterocycles. The van der Waals surface area contributed by atoms with Crippen LogP contribution in [-0.2, 0) is 6.61 Å². The quantitative estimate of drug-likeness (QED) is 0.780. The van der Waals surface area contributed by atoms with Crippen molar-refractivity contribution >= 4 is 0 Å². The highest BCUT2D eigenvalue weighted by Crippen LogP contribution is 2.19. The minimum absolute atomic E-state index is 0.262. The summed E-state index contributed by atoms with van der Waals surface area (Å²) in [6.45, 7) is 1.75. The van der Waals surface area contributed by atoms with Crippen LogP contribution >= 0.6 is 0 Å². The van der Waals surface area contributed by atoms with E-state index < -0.39 is 11.9 Å². The lowest BCUT2D eigenvalue weighted by Crippen LogP contribution is -2.08. The SMILES string of the molecule is CC(O)CCOc1ccc(F)cc1CO. The van der Waals surface area contributed by atoms with E-state index in [1.165, 1.54) is 18.2 Å². The molecule has 3 nitrogen and oxygen atoms in total. The predicted molar refractivity (Wildman–Crippen MR) is 54.1 cm³/mol. The van der Waals surface area contributed by atoms with Crippen LogP contribution in [0.2, 0.25) is 0 Å². The van der Waals surface area contributed by atoms with Gasteiger partial charge in [-0.2, -0.15) is 0 Å². The second-order valence-corrected chi connectivity index (χ2v) is 3.40. The van der Waals surface area contributed by atoms with Crippen molar-refractivity contribution in [2.45, 2.75) is 26.1 Å². The Hall–Kier alpha value is -1.13. The van der Waals surface area contributed by atoms with Gasteiger partial charge in [0.25, 0.3) is 0 Å². The van der Waals surface area contributed by atoms with E-state index in [1.807, 2.05) is 0 Å². The van der Waals surface area contributed by atoms with Gasteiger partial charge in [-0.15, -0.1) is 0 Å². The number of hydrogen-bond donors (Lipinski definition) is 2. The molecule has 0 aromatic heterocycles. The van der Waals surface area contributed by atoms with Gasteiger partial charge in [0.15, 0.2) is 0 Å². The van der Waals surface area contributed by atoms with Gasteiger partial charge in [-0.05, 0) is 25.1 Å². The molecule has 1 atom stereocenters. The Bertz CT molecular complexity index is 313. The van der Waals surface area contributed by atoms with Gasteiger partial charge < -0.3 is 14.9 Å². The van der Waals surface area contributed by atoms with Crippen LogP contribution in [0.3, 0.4) is 0 Å². The molecule has 0 saturated heterocycles. The zero-order valence-electron chi connectivity index (χ0n) is 8.61. The lowest BCUT2D eigenvalue weighted by atomic mass is 10.2. The third-order valence-electron chi connectivity index (χ3n) is 1.99. The highest BCUT2D eigenvalue weighted by Gasteiger charge is 2.05. The summed E-state index contributed by atoms with van der Waals surface area (Å²) in [6, 6.07) is 3.98. The number of aliphatic hydroxyl groups excluding tert-OH is 2. The maximum absolute atomic E-state index is 12.8. The van der Waals surface area contributed by atoms with E-state index in [2.05, 4.69) is 0 Å². The third kappa shape index (κ3) is 3.85. The second-order valence-electron chi connectivity index (χ2n) is 3.40. The van der Waals surface area contributed by atoms with Gasteiger partial charge in [-0.25, -0.2) is 4.39 Å². The average molecular weight is 214 g/mol. The van der Waals surface area contributed by atoms with E-state index >= 15 is 0 Å². The summed E-state index contributed by atoms with van der Waals surface area (Å²) in [5, 5.41) is 18.0. The number of hydrogen-bond acceptors (Lipinski definition) is 3. The van der Waals surface area contributed by atoms with Gasteiger partial charge in [0, 0.05) is 12.0 Å². The van der Waals surface area contributed by atoms with Crippen molar-refractivity contribution in [1.29, 1.82) is 0 Å². The lowest BCUT2D eigenvalue weighted by Gasteiger charge is -2.10. The fourth-order valence-corrected chi connectivity index (χ4v) is 1.15. The maximum Gasteiger partial charge on any atom is 0.125 e. The number of rotatable bonds is 5. The van der Waals surface area contributed by atoms with Crippen LogP contribution in [0, 0.1) is 5.82 Å². The molecule has 0 aliphatic carbocycles. The highest BCUT2D eigenvalue weighted by molar-refractivity contribution is 5.33. The minimum atomic E-state index is -0.428. The van der Waals surface area contributed by atoms with Crippen molar-refractivity contribution in [3.05, 3.63) is 29.6 Å². The largest absolute Gasteiger partial charge is 0.493 e. The van der Waals surface area contributed by atoms with Crippen LogP contribution in [0.1, 0.15) is 18.9 Å². The Morgan fingerprint density at radius 3 is 2.80 bits per heavy atom. The molecule has 4 heteroatoms. The molecule has 0 amide bonds. The van der Waals surface area contributed by atoms with Crippen molar-refractivity contribution in [2.24, 2.45) is 0 Å². The van der Waals surface area contributed by atoms with Gasteiger partial charge in [0.2, 0.25) is 0 Å². The standard InChI is InChI=1S/C11H15FO3/c1-8(14)4-5-15-11-3-2-10(12)6-9(11)7-13/h2-3,6,8,13-14H,4-5,7H2,1H3.